The molecule has 3 heteroatoms. The lowest BCUT2D eigenvalue weighted by Crippen LogP contribution is -2.15. The molecule has 2 rings (SSSR count). The van der Waals surface area contributed by atoms with Gasteiger partial charge in [0.15, 0.2) is 0 Å². The van der Waals surface area contributed by atoms with Crippen LogP contribution in [0.2, 0.25) is 0 Å². The van der Waals surface area contributed by atoms with Crippen molar-refractivity contribution in [1.29, 1.82) is 0 Å². The van der Waals surface area contributed by atoms with Gasteiger partial charge in [0.25, 0.3) is 0 Å². The van der Waals surface area contributed by atoms with Gasteiger partial charge in [-0.15, -0.1) is 0 Å². The molecule has 0 aromatic heterocycles. The lowest BCUT2D eigenvalue weighted by molar-refractivity contribution is 0.0980. The lowest BCUT2D eigenvalue weighted by atomic mass is 10.2. The Morgan fingerprint density at radius 2 is 2.11 bits per heavy atom. The summed E-state index contributed by atoms with van der Waals surface area (Å²) in [5, 5.41) is 3.51. The SMILES string of the molecule is CCCCOCCOc1cccc(CNC2CC2)c1. The minimum absolute atomic E-state index is 0.628. The van der Waals surface area contributed by atoms with Crippen LogP contribution in [-0.4, -0.2) is 25.9 Å². The highest BCUT2D eigenvalue weighted by atomic mass is 16.5. The van der Waals surface area contributed by atoms with Gasteiger partial charge in [-0.1, -0.05) is 25.5 Å². The minimum Gasteiger partial charge on any atom is -0.491 e. The van der Waals surface area contributed by atoms with Gasteiger partial charge in [-0.05, 0) is 37.0 Å². The molecule has 1 fully saturated rings. The second kappa shape index (κ2) is 8.18. The van der Waals surface area contributed by atoms with Gasteiger partial charge in [0.1, 0.15) is 12.4 Å². The highest BCUT2D eigenvalue weighted by Gasteiger charge is 2.19. The zero-order valence-corrected chi connectivity index (χ0v) is 11.9. The van der Waals surface area contributed by atoms with E-state index in [0.717, 1.165) is 31.4 Å². The van der Waals surface area contributed by atoms with Crippen LogP contribution in [0.15, 0.2) is 24.3 Å². The lowest BCUT2D eigenvalue weighted by Gasteiger charge is -2.09. The van der Waals surface area contributed by atoms with Gasteiger partial charge in [0, 0.05) is 19.2 Å². The average Bonchev–Trinajstić information content (AvgIpc) is 3.25. The molecular formula is C16H25NO2. The Morgan fingerprint density at radius 3 is 2.89 bits per heavy atom. The molecule has 0 spiro atoms. The van der Waals surface area contributed by atoms with Crippen LogP contribution in [0, 0.1) is 0 Å². The van der Waals surface area contributed by atoms with E-state index in [2.05, 4.69) is 30.4 Å². The number of rotatable bonds is 10. The van der Waals surface area contributed by atoms with E-state index in [4.69, 9.17) is 9.47 Å². The largest absolute Gasteiger partial charge is 0.491 e. The summed E-state index contributed by atoms with van der Waals surface area (Å²) in [5.74, 6) is 0.939. The predicted molar refractivity (Wildman–Crippen MR) is 77.5 cm³/mol. The summed E-state index contributed by atoms with van der Waals surface area (Å²) in [6.45, 7) is 5.24. The van der Waals surface area contributed by atoms with Crippen LogP contribution in [-0.2, 0) is 11.3 Å². The molecule has 0 bridgehead atoms. The van der Waals surface area contributed by atoms with E-state index in [0.29, 0.717) is 13.2 Å². The van der Waals surface area contributed by atoms with Crippen LogP contribution < -0.4 is 10.1 Å². The molecule has 0 heterocycles. The quantitative estimate of drug-likeness (QED) is 0.658. The minimum atomic E-state index is 0.628. The van der Waals surface area contributed by atoms with Crippen molar-refractivity contribution in [3.63, 3.8) is 0 Å². The Bertz CT molecular complexity index is 364. The fourth-order valence-corrected chi connectivity index (χ4v) is 1.86. The maximum Gasteiger partial charge on any atom is 0.119 e. The Balaban J connectivity index is 1.63. The molecule has 1 aliphatic rings. The molecule has 3 nitrogen and oxygen atoms in total. The van der Waals surface area contributed by atoms with Gasteiger partial charge in [-0.25, -0.2) is 0 Å². The normalized spacial score (nSPS) is 14.6. The zero-order valence-electron chi connectivity index (χ0n) is 11.9. The molecule has 0 radical (unpaired) electrons. The fraction of sp³-hybridized carbons (Fsp3) is 0.625. The van der Waals surface area contributed by atoms with Gasteiger partial charge >= 0.3 is 0 Å². The van der Waals surface area contributed by atoms with E-state index in [9.17, 15) is 0 Å². The highest BCUT2D eigenvalue weighted by molar-refractivity contribution is 5.28. The Labute approximate surface area is 116 Å². The molecule has 1 aromatic carbocycles. The molecule has 0 saturated heterocycles. The maximum absolute atomic E-state index is 5.70. The van der Waals surface area contributed by atoms with E-state index in [-0.39, 0.29) is 0 Å². The van der Waals surface area contributed by atoms with Crippen LogP contribution in [0.25, 0.3) is 0 Å². The monoisotopic (exact) mass is 263 g/mol. The third-order valence-electron chi connectivity index (χ3n) is 3.21. The molecule has 0 unspecified atom stereocenters. The molecule has 0 aliphatic heterocycles. The third-order valence-corrected chi connectivity index (χ3v) is 3.21. The molecular weight excluding hydrogens is 238 g/mol. The molecule has 0 amide bonds. The third kappa shape index (κ3) is 6.08. The Kier molecular flexibility index (Phi) is 6.18. The van der Waals surface area contributed by atoms with Crippen LogP contribution in [0.3, 0.4) is 0 Å². The van der Waals surface area contributed by atoms with Crippen molar-refractivity contribution in [2.45, 2.75) is 45.2 Å². The molecule has 1 saturated carbocycles. The van der Waals surface area contributed by atoms with Gasteiger partial charge in [0.2, 0.25) is 0 Å². The standard InChI is InChI=1S/C16H25NO2/c1-2-3-9-18-10-11-19-16-6-4-5-14(12-16)13-17-15-7-8-15/h4-6,12,15,17H,2-3,7-11,13H2,1H3. The second-order valence-corrected chi connectivity index (χ2v) is 5.12. The van der Waals surface area contributed by atoms with Gasteiger partial charge in [0.05, 0.1) is 6.61 Å². The summed E-state index contributed by atoms with van der Waals surface area (Å²) < 4.78 is 11.2. The summed E-state index contributed by atoms with van der Waals surface area (Å²) in [6, 6.07) is 9.06. The number of nitrogens with one attached hydrogen (secondary N) is 1. The van der Waals surface area contributed by atoms with Gasteiger partial charge in [-0.2, -0.15) is 0 Å². The number of unbranched alkanes of at least 4 members (excludes halogenated alkanes) is 1. The molecule has 19 heavy (non-hydrogen) atoms. The first-order valence-electron chi connectivity index (χ1n) is 7.41. The van der Waals surface area contributed by atoms with E-state index >= 15 is 0 Å². The van der Waals surface area contributed by atoms with Crippen molar-refractivity contribution in [1.82, 2.24) is 5.32 Å². The van der Waals surface area contributed by atoms with Crippen molar-refractivity contribution < 1.29 is 9.47 Å². The van der Waals surface area contributed by atoms with Crippen molar-refractivity contribution >= 4 is 0 Å². The summed E-state index contributed by atoms with van der Waals surface area (Å²) in [6.07, 6.45) is 4.95. The first kappa shape index (κ1) is 14.4. The number of hydrogen-bond donors (Lipinski definition) is 1. The molecule has 1 aliphatic carbocycles. The number of hydrogen-bond acceptors (Lipinski definition) is 3. The Morgan fingerprint density at radius 1 is 1.21 bits per heavy atom. The predicted octanol–water partition coefficient (Wildman–Crippen LogP) is 3.13. The Hall–Kier alpha value is -1.06. The molecule has 0 atom stereocenters. The van der Waals surface area contributed by atoms with Crippen LogP contribution in [0.5, 0.6) is 5.75 Å². The van der Waals surface area contributed by atoms with Crippen molar-refractivity contribution in [3.8, 4) is 5.75 Å². The second-order valence-electron chi connectivity index (χ2n) is 5.12. The van der Waals surface area contributed by atoms with Crippen LogP contribution in [0.1, 0.15) is 38.2 Å². The number of ether oxygens (including phenoxy) is 2. The van der Waals surface area contributed by atoms with Crippen molar-refractivity contribution in [2.75, 3.05) is 19.8 Å². The topological polar surface area (TPSA) is 30.5 Å². The van der Waals surface area contributed by atoms with E-state index in [1.807, 2.05) is 6.07 Å². The summed E-state index contributed by atoms with van der Waals surface area (Å²) in [5.41, 5.74) is 1.29. The summed E-state index contributed by atoms with van der Waals surface area (Å²) in [4.78, 5) is 0. The van der Waals surface area contributed by atoms with Crippen LogP contribution in [0.4, 0.5) is 0 Å². The maximum atomic E-state index is 5.70. The average molecular weight is 263 g/mol. The first-order valence-corrected chi connectivity index (χ1v) is 7.41. The highest BCUT2D eigenvalue weighted by Crippen LogP contribution is 2.20. The van der Waals surface area contributed by atoms with E-state index in [1.54, 1.807) is 0 Å². The van der Waals surface area contributed by atoms with Gasteiger partial charge < -0.3 is 14.8 Å². The van der Waals surface area contributed by atoms with Gasteiger partial charge in [-0.3, -0.25) is 0 Å². The molecule has 1 N–H and O–H groups in total. The zero-order chi connectivity index (χ0) is 13.3. The van der Waals surface area contributed by atoms with E-state index < -0.39 is 0 Å². The summed E-state index contributed by atoms with van der Waals surface area (Å²) >= 11 is 0. The fourth-order valence-electron chi connectivity index (χ4n) is 1.86. The first-order chi connectivity index (χ1) is 9.38. The smallest absolute Gasteiger partial charge is 0.119 e. The van der Waals surface area contributed by atoms with Crippen molar-refractivity contribution in [3.05, 3.63) is 29.8 Å². The van der Waals surface area contributed by atoms with E-state index in [1.165, 1.54) is 24.8 Å². The number of benzene rings is 1. The molecule has 106 valence electrons. The molecule has 1 aromatic rings. The van der Waals surface area contributed by atoms with Crippen LogP contribution >= 0.6 is 0 Å². The van der Waals surface area contributed by atoms with Crippen molar-refractivity contribution in [2.24, 2.45) is 0 Å². The summed E-state index contributed by atoms with van der Waals surface area (Å²) in [7, 11) is 0.